The third kappa shape index (κ3) is 30.9. The zero-order valence-electron chi connectivity index (χ0n) is 43.9. The number of aliphatic hydroxyl groups excluding tert-OH is 7. The Labute approximate surface area is 432 Å². The number of hydrogen-bond donors (Lipinski definition) is 7. The van der Waals surface area contributed by atoms with E-state index in [-0.39, 0.29) is 19.6 Å². The molecule has 7 N–H and O–H groups in total. The van der Waals surface area contributed by atoms with E-state index < -0.39 is 86.7 Å². The molecule has 0 bridgehead atoms. The highest BCUT2D eigenvalue weighted by atomic mass is 16.7. The lowest BCUT2D eigenvalue weighted by Gasteiger charge is -2.42. The minimum Gasteiger partial charge on any atom is -0.457 e. The first kappa shape index (κ1) is 65.0. The van der Waals surface area contributed by atoms with Crippen LogP contribution in [0.1, 0.15) is 162 Å². The van der Waals surface area contributed by atoms with E-state index in [1.54, 1.807) is 0 Å². The maximum Gasteiger partial charge on any atom is 0.306 e. The summed E-state index contributed by atoms with van der Waals surface area (Å²) in [4.78, 5) is 13.0. The van der Waals surface area contributed by atoms with Gasteiger partial charge in [0.15, 0.2) is 12.6 Å². The van der Waals surface area contributed by atoms with E-state index in [0.29, 0.717) is 13.0 Å². The predicted molar refractivity (Wildman–Crippen MR) is 284 cm³/mol. The van der Waals surface area contributed by atoms with E-state index >= 15 is 0 Å². The number of allylic oxidation sites excluding steroid dienone is 16. The lowest BCUT2D eigenvalue weighted by Crippen LogP contribution is -2.61. The molecule has 0 aromatic carbocycles. The van der Waals surface area contributed by atoms with Gasteiger partial charge in [-0.2, -0.15) is 0 Å². The van der Waals surface area contributed by atoms with Crippen LogP contribution < -0.4 is 0 Å². The van der Waals surface area contributed by atoms with Crippen molar-refractivity contribution in [1.29, 1.82) is 0 Å². The summed E-state index contributed by atoms with van der Waals surface area (Å²) in [6, 6.07) is 0. The van der Waals surface area contributed by atoms with Crippen molar-refractivity contribution in [3.05, 3.63) is 97.2 Å². The van der Waals surface area contributed by atoms with E-state index in [2.05, 4.69) is 111 Å². The van der Waals surface area contributed by atoms with Gasteiger partial charge in [-0.3, -0.25) is 4.79 Å². The second kappa shape index (κ2) is 44.2. The molecule has 0 spiro atoms. The molecule has 412 valence electrons. The Bertz CT molecular complexity index is 1550. The Hall–Kier alpha value is -3.09. The molecule has 11 unspecified atom stereocenters. The smallest absolute Gasteiger partial charge is 0.306 e. The molecule has 2 saturated heterocycles. The summed E-state index contributed by atoms with van der Waals surface area (Å²) in [6.45, 7) is 3.45. The molecule has 11 atom stereocenters. The first-order valence-electron chi connectivity index (χ1n) is 27.3. The van der Waals surface area contributed by atoms with Crippen molar-refractivity contribution in [2.45, 2.75) is 229 Å². The molecule has 2 heterocycles. The lowest BCUT2D eigenvalue weighted by atomic mass is 9.98. The first-order valence-corrected chi connectivity index (χ1v) is 27.3. The average molecular weight is 1020 g/mol. The quantitative estimate of drug-likeness (QED) is 0.0173. The van der Waals surface area contributed by atoms with Crippen LogP contribution in [-0.2, 0) is 33.2 Å². The van der Waals surface area contributed by atoms with Crippen molar-refractivity contribution in [3.63, 3.8) is 0 Å². The van der Waals surface area contributed by atoms with Crippen LogP contribution in [-0.4, -0.2) is 142 Å². The summed E-state index contributed by atoms with van der Waals surface area (Å²) in [6.07, 6.45) is 41.7. The number of esters is 1. The molecule has 0 aromatic heterocycles. The van der Waals surface area contributed by atoms with Crippen LogP contribution in [0.4, 0.5) is 0 Å². The van der Waals surface area contributed by atoms with Gasteiger partial charge in [0, 0.05) is 13.0 Å². The van der Waals surface area contributed by atoms with E-state index in [9.17, 15) is 40.5 Å². The van der Waals surface area contributed by atoms with Gasteiger partial charge in [0.2, 0.25) is 0 Å². The molecule has 72 heavy (non-hydrogen) atoms. The standard InChI is InChI=1S/C58H96O14/c1-3-5-7-9-11-13-15-17-19-20-21-22-23-24-25-26-27-29-31-33-35-37-39-41-50(60)70-47(44-67-42-40-38-36-34-32-30-28-18-16-14-12-10-8-6-4-2)45-68-57-56(66)54(64)52(62)49(72-57)46-69-58-55(65)53(63)51(61)48(43-59)71-58/h5,7,10-13,16-19,21-22,24-25,27,29,47-49,51-59,61-66H,3-4,6,8-9,14-15,20,23,26,28,30-46H2,1-2H3/b7-5-,12-10-,13-11-,18-16-,19-17-,22-21-,25-24-,29-27-. The van der Waals surface area contributed by atoms with Crippen molar-refractivity contribution >= 4 is 5.97 Å². The molecule has 0 aliphatic carbocycles. The number of ether oxygens (including phenoxy) is 6. The highest BCUT2D eigenvalue weighted by molar-refractivity contribution is 5.69. The second-order valence-corrected chi connectivity index (χ2v) is 18.7. The molecular formula is C58H96O14. The minimum atomic E-state index is -1.72. The van der Waals surface area contributed by atoms with Crippen molar-refractivity contribution in [1.82, 2.24) is 0 Å². The normalized spacial score (nSPS) is 25.9. The van der Waals surface area contributed by atoms with Gasteiger partial charge in [-0.05, 0) is 89.9 Å². The van der Waals surface area contributed by atoms with Gasteiger partial charge < -0.3 is 64.2 Å². The van der Waals surface area contributed by atoms with E-state index in [4.69, 9.17) is 28.4 Å². The van der Waals surface area contributed by atoms with Crippen LogP contribution in [0, 0.1) is 0 Å². The molecule has 2 aliphatic rings. The van der Waals surface area contributed by atoms with Gasteiger partial charge in [0.1, 0.15) is 54.9 Å². The SMILES string of the molecule is CC/C=C\C/C=C\C/C=C\C/C=C\C/C=C\C/C=C\CCCCCCC(=O)OC(COCCCCCCCC/C=C\C/C=C\CCCC)COC1OC(COC2OC(CO)C(O)C(O)C2O)C(O)C(O)C1O. The molecule has 0 saturated carbocycles. The number of unbranched alkanes of at least 4 members (excludes halogenated alkanes) is 12. The predicted octanol–water partition coefficient (Wildman–Crippen LogP) is 9.02. The zero-order chi connectivity index (χ0) is 52.3. The van der Waals surface area contributed by atoms with Gasteiger partial charge in [0.25, 0.3) is 0 Å². The summed E-state index contributed by atoms with van der Waals surface area (Å²) >= 11 is 0. The van der Waals surface area contributed by atoms with Crippen LogP contribution in [0.2, 0.25) is 0 Å². The molecule has 0 radical (unpaired) electrons. The molecule has 14 nitrogen and oxygen atoms in total. The fraction of sp³-hybridized carbons (Fsp3) is 0.707. The Morgan fingerprint density at radius 2 is 0.903 bits per heavy atom. The zero-order valence-corrected chi connectivity index (χ0v) is 43.9. The molecule has 0 amide bonds. The summed E-state index contributed by atoms with van der Waals surface area (Å²) in [5.74, 6) is -0.409. The minimum absolute atomic E-state index is 0.0372. The Morgan fingerprint density at radius 1 is 0.472 bits per heavy atom. The summed E-state index contributed by atoms with van der Waals surface area (Å²) in [7, 11) is 0. The fourth-order valence-corrected chi connectivity index (χ4v) is 7.89. The number of carbonyl (C=O) groups is 1. The monoisotopic (exact) mass is 1020 g/mol. The largest absolute Gasteiger partial charge is 0.457 e. The number of rotatable bonds is 42. The summed E-state index contributed by atoms with van der Waals surface area (Å²) in [5.41, 5.74) is 0. The van der Waals surface area contributed by atoms with E-state index in [1.165, 1.54) is 25.7 Å². The number of aliphatic hydroxyl groups is 7. The topological polar surface area (TPSA) is 214 Å². The maximum absolute atomic E-state index is 13.0. The molecule has 14 heteroatoms. The molecule has 0 aromatic rings. The molecule has 2 aliphatic heterocycles. The molecule has 2 rings (SSSR count). The Kier molecular flexibility index (Phi) is 39.9. The molecular weight excluding hydrogens is 921 g/mol. The first-order chi connectivity index (χ1) is 35.1. The van der Waals surface area contributed by atoms with Gasteiger partial charge in [0.05, 0.1) is 26.4 Å². The van der Waals surface area contributed by atoms with Crippen LogP contribution in [0.5, 0.6) is 0 Å². The van der Waals surface area contributed by atoms with Crippen LogP contribution in [0.25, 0.3) is 0 Å². The van der Waals surface area contributed by atoms with Gasteiger partial charge in [-0.15, -0.1) is 0 Å². The van der Waals surface area contributed by atoms with Crippen molar-refractivity contribution in [3.8, 4) is 0 Å². The lowest BCUT2D eigenvalue weighted by molar-refractivity contribution is -0.332. The van der Waals surface area contributed by atoms with Crippen LogP contribution in [0.3, 0.4) is 0 Å². The van der Waals surface area contributed by atoms with E-state index in [0.717, 1.165) is 109 Å². The average Bonchev–Trinajstić information content (AvgIpc) is 3.38. The van der Waals surface area contributed by atoms with E-state index in [1.807, 2.05) is 0 Å². The van der Waals surface area contributed by atoms with Crippen LogP contribution in [0.15, 0.2) is 97.2 Å². The number of carbonyl (C=O) groups excluding carboxylic acids is 1. The van der Waals surface area contributed by atoms with Gasteiger partial charge >= 0.3 is 5.97 Å². The number of hydrogen-bond acceptors (Lipinski definition) is 14. The third-order valence-corrected chi connectivity index (χ3v) is 12.3. The third-order valence-electron chi connectivity index (χ3n) is 12.3. The highest BCUT2D eigenvalue weighted by Crippen LogP contribution is 2.26. The fourth-order valence-electron chi connectivity index (χ4n) is 7.89. The van der Waals surface area contributed by atoms with Crippen LogP contribution >= 0.6 is 0 Å². The van der Waals surface area contributed by atoms with Crippen molar-refractivity contribution in [2.24, 2.45) is 0 Å². The molecule has 2 fully saturated rings. The van der Waals surface area contributed by atoms with Gasteiger partial charge in [-0.25, -0.2) is 0 Å². The highest BCUT2D eigenvalue weighted by Gasteiger charge is 2.47. The maximum atomic E-state index is 13.0. The Morgan fingerprint density at radius 3 is 1.42 bits per heavy atom. The van der Waals surface area contributed by atoms with Crippen molar-refractivity contribution in [2.75, 3.05) is 33.0 Å². The summed E-state index contributed by atoms with van der Waals surface area (Å²) < 4.78 is 34.3. The van der Waals surface area contributed by atoms with Crippen molar-refractivity contribution < 1.29 is 69.0 Å². The van der Waals surface area contributed by atoms with Gasteiger partial charge in [-0.1, -0.05) is 162 Å². The summed E-state index contributed by atoms with van der Waals surface area (Å²) in [5, 5.41) is 72.2. The second-order valence-electron chi connectivity index (χ2n) is 18.7. The Balaban J connectivity index is 1.76.